The molecule has 1 aromatic rings. The molecule has 1 atom stereocenters. The maximum atomic E-state index is 11.4. The van der Waals surface area contributed by atoms with Gasteiger partial charge in [0.05, 0.1) is 6.04 Å². The third kappa shape index (κ3) is 3.97. The third-order valence-electron chi connectivity index (χ3n) is 3.04. The fourth-order valence-corrected chi connectivity index (χ4v) is 1.77. The molecule has 17 heavy (non-hydrogen) atoms. The highest BCUT2D eigenvalue weighted by Crippen LogP contribution is 2.22. The Hall–Kier alpha value is -1.15. The lowest BCUT2D eigenvalue weighted by molar-refractivity contribution is -0.119. The van der Waals surface area contributed by atoms with Crippen LogP contribution >= 0.6 is 0 Å². The number of hydrogen-bond acceptors (Lipinski definition) is 2. The number of rotatable bonds is 4. The number of Topliss-reactive ketones (excluding diaryl/α,β-unsaturated/α-hetero) is 1. The molecule has 0 fully saturated rings. The Morgan fingerprint density at radius 2 is 1.76 bits per heavy atom. The molecule has 2 N–H and O–H groups in total. The highest BCUT2D eigenvalue weighted by molar-refractivity contribution is 5.83. The number of nitrogens with two attached hydrogens (primary N) is 1. The molecular weight excluding hydrogens is 210 g/mol. The second-order valence-electron chi connectivity index (χ2n) is 5.58. The zero-order valence-corrected chi connectivity index (χ0v) is 11.3. The van der Waals surface area contributed by atoms with Crippen molar-refractivity contribution in [1.29, 1.82) is 0 Å². The molecule has 0 aliphatic heterocycles. The Kier molecular flexibility index (Phi) is 4.47. The van der Waals surface area contributed by atoms with Crippen LogP contribution in [-0.2, 0) is 16.6 Å². The van der Waals surface area contributed by atoms with E-state index in [1.54, 1.807) is 0 Å². The fraction of sp³-hybridized carbons (Fsp3) is 0.533. The van der Waals surface area contributed by atoms with Crippen molar-refractivity contribution < 1.29 is 4.79 Å². The first kappa shape index (κ1) is 13.9. The van der Waals surface area contributed by atoms with Gasteiger partial charge in [-0.25, -0.2) is 0 Å². The van der Waals surface area contributed by atoms with Crippen molar-refractivity contribution in [3.8, 4) is 0 Å². The number of carbonyl (C=O) groups excluding carboxylic acids is 1. The van der Waals surface area contributed by atoms with Gasteiger partial charge in [-0.2, -0.15) is 0 Å². The second-order valence-corrected chi connectivity index (χ2v) is 5.58. The SMILES string of the molecule is CCC(=O)[C@H](N)Cc1ccc(C(C)(C)C)cc1. The van der Waals surface area contributed by atoms with E-state index in [2.05, 4.69) is 45.0 Å². The first-order chi connectivity index (χ1) is 7.84. The summed E-state index contributed by atoms with van der Waals surface area (Å²) in [4.78, 5) is 11.4. The lowest BCUT2D eigenvalue weighted by Crippen LogP contribution is -2.32. The molecular formula is C15H23NO. The van der Waals surface area contributed by atoms with Crippen LogP contribution in [0.15, 0.2) is 24.3 Å². The zero-order chi connectivity index (χ0) is 13.1. The molecule has 0 bridgehead atoms. The molecule has 0 saturated heterocycles. The monoisotopic (exact) mass is 233 g/mol. The minimum absolute atomic E-state index is 0.130. The summed E-state index contributed by atoms with van der Waals surface area (Å²) in [6.07, 6.45) is 1.15. The van der Waals surface area contributed by atoms with E-state index >= 15 is 0 Å². The van der Waals surface area contributed by atoms with Crippen molar-refractivity contribution in [3.63, 3.8) is 0 Å². The van der Waals surface area contributed by atoms with Crippen molar-refractivity contribution in [1.82, 2.24) is 0 Å². The number of hydrogen-bond donors (Lipinski definition) is 1. The molecule has 94 valence electrons. The predicted octanol–water partition coefficient (Wildman–Crippen LogP) is 2.83. The van der Waals surface area contributed by atoms with Crippen molar-refractivity contribution in [2.75, 3.05) is 0 Å². The van der Waals surface area contributed by atoms with E-state index in [0.717, 1.165) is 5.56 Å². The summed E-state index contributed by atoms with van der Waals surface area (Å²) >= 11 is 0. The van der Waals surface area contributed by atoms with Crippen LogP contribution in [0, 0.1) is 0 Å². The molecule has 2 nitrogen and oxygen atoms in total. The van der Waals surface area contributed by atoms with Crippen LogP contribution in [0.2, 0.25) is 0 Å². The maximum absolute atomic E-state index is 11.4. The van der Waals surface area contributed by atoms with E-state index in [9.17, 15) is 4.79 Å². The van der Waals surface area contributed by atoms with E-state index in [4.69, 9.17) is 5.73 Å². The molecule has 0 spiro atoms. The Morgan fingerprint density at radius 3 is 2.18 bits per heavy atom. The Balaban J connectivity index is 2.72. The first-order valence-corrected chi connectivity index (χ1v) is 6.22. The summed E-state index contributed by atoms with van der Waals surface area (Å²) in [6, 6.07) is 8.03. The maximum Gasteiger partial charge on any atom is 0.149 e. The second kappa shape index (κ2) is 5.46. The lowest BCUT2D eigenvalue weighted by atomic mass is 9.86. The summed E-state index contributed by atoms with van der Waals surface area (Å²) in [7, 11) is 0. The van der Waals surface area contributed by atoms with Crippen molar-refractivity contribution in [2.24, 2.45) is 5.73 Å². The molecule has 0 aliphatic carbocycles. The van der Waals surface area contributed by atoms with Crippen LogP contribution in [0.25, 0.3) is 0 Å². The standard InChI is InChI=1S/C15H23NO/c1-5-14(17)13(16)10-11-6-8-12(9-7-11)15(2,3)4/h6-9,13H,5,10,16H2,1-4H3/t13-/m1/s1. The topological polar surface area (TPSA) is 43.1 Å². The van der Waals surface area contributed by atoms with Gasteiger partial charge in [0.2, 0.25) is 0 Å². The Morgan fingerprint density at radius 1 is 1.24 bits per heavy atom. The van der Waals surface area contributed by atoms with Gasteiger partial charge in [0.25, 0.3) is 0 Å². The molecule has 0 amide bonds. The first-order valence-electron chi connectivity index (χ1n) is 6.22. The van der Waals surface area contributed by atoms with Crippen LogP contribution in [-0.4, -0.2) is 11.8 Å². The molecule has 2 heteroatoms. The largest absolute Gasteiger partial charge is 0.321 e. The molecule has 0 saturated carbocycles. The van der Waals surface area contributed by atoms with Gasteiger partial charge in [-0.1, -0.05) is 52.0 Å². The van der Waals surface area contributed by atoms with Gasteiger partial charge in [0.1, 0.15) is 5.78 Å². The lowest BCUT2D eigenvalue weighted by Gasteiger charge is -2.19. The van der Waals surface area contributed by atoms with Gasteiger partial charge in [-0.3, -0.25) is 4.79 Å². The van der Waals surface area contributed by atoms with Crippen molar-refractivity contribution in [3.05, 3.63) is 35.4 Å². The average molecular weight is 233 g/mol. The number of ketones is 1. The number of benzene rings is 1. The normalized spacial score (nSPS) is 13.5. The summed E-state index contributed by atoms with van der Waals surface area (Å²) in [5, 5.41) is 0. The zero-order valence-electron chi connectivity index (χ0n) is 11.3. The smallest absolute Gasteiger partial charge is 0.149 e. The van der Waals surface area contributed by atoms with Gasteiger partial charge < -0.3 is 5.73 Å². The summed E-state index contributed by atoms with van der Waals surface area (Å²) in [6.45, 7) is 8.42. The summed E-state index contributed by atoms with van der Waals surface area (Å²) in [5.74, 6) is 0.130. The van der Waals surface area contributed by atoms with E-state index in [-0.39, 0.29) is 17.2 Å². The average Bonchev–Trinajstić information content (AvgIpc) is 2.27. The molecule has 1 rings (SSSR count). The van der Waals surface area contributed by atoms with Crippen LogP contribution in [0.5, 0.6) is 0 Å². The molecule has 1 aromatic carbocycles. The third-order valence-corrected chi connectivity index (χ3v) is 3.04. The van der Waals surface area contributed by atoms with Gasteiger partial charge in [-0.15, -0.1) is 0 Å². The molecule has 0 radical (unpaired) electrons. The van der Waals surface area contributed by atoms with E-state index in [1.807, 2.05) is 6.92 Å². The van der Waals surface area contributed by atoms with Crippen LogP contribution in [0.4, 0.5) is 0 Å². The van der Waals surface area contributed by atoms with Crippen LogP contribution in [0.1, 0.15) is 45.2 Å². The number of carbonyl (C=O) groups is 1. The van der Waals surface area contributed by atoms with Crippen LogP contribution in [0.3, 0.4) is 0 Å². The fourth-order valence-electron chi connectivity index (χ4n) is 1.77. The highest BCUT2D eigenvalue weighted by atomic mass is 16.1. The minimum atomic E-state index is -0.361. The molecule has 0 aromatic heterocycles. The molecule has 0 unspecified atom stereocenters. The summed E-state index contributed by atoms with van der Waals surface area (Å²) in [5.41, 5.74) is 8.43. The van der Waals surface area contributed by atoms with Gasteiger partial charge >= 0.3 is 0 Å². The Bertz CT molecular complexity index is 373. The predicted molar refractivity (Wildman–Crippen MR) is 72.1 cm³/mol. The molecule has 0 aliphatic rings. The van der Waals surface area contributed by atoms with Crippen LogP contribution < -0.4 is 5.73 Å². The van der Waals surface area contributed by atoms with E-state index in [0.29, 0.717) is 12.8 Å². The quantitative estimate of drug-likeness (QED) is 0.869. The summed E-state index contributed by atoms with van der Waals surface area (Å²) < 4.78 is 0. The molecule has 0 heterocycles. The van der Waals surface area contributed by atoms with E-state index < -0.39 is 0 Å². The van der Waals surface area contributed by atoms with Crippen molar-refractivity contribution in [2.45, 2.75) is 52.0 Å². The van der Waals surface area contributed by atoms with E-state index in [1.165, 1.54) is 5.56 Å². The Labute approximate surface area is 104 Å². The van der Waals surface area contributed by atoms with Crippen molar-refractivity contribution >= 4 is 5.78 Å². The van der Waals surface area contributed by atoms with Gasteiger partial charge in [0.15, 0.2) is 0 Å². The van der Waals surface area contributed by atoms with Gasteiger partial charge in [0, 0.05) is 6.42 Å². The highest BCUT2D eigenvalue weighted by Gasteiger charge is 2.15. The van der Waals surface area contributed by atoms with Gasteiger partial charge in [-0.05, 0) is 23.0 Å². The minimum Gasteiger partial charge on any atom is -0.321 e.